The summed E-state index contributed by atoms with van der Waals surface area (Å²) < 4.78 is 10.6. The number of methoxy groups -OCH3 is 2. The van der Waals surface area contributed by atoms with E-state index in [1.165, 1.54) is 18.9 Å². The third kappa shape index (κ3) is 4.40. The highest BCUT2D eigenvalue weighted by Gasteiger charge is 2.43. The third-order valence-electron chi connectivity index (χ3n) is 5.71. The van der Waals surface area contributed by atoms with Gasteiger partial charge in [-0.2, -0.15) is 0 Å². The van der Waals surface area contributed by atoms with Crippen molar-refractivity contribution in [2.24, 2.45) is 15.9 Å². The molecule has 2 heterocycles. The molecule has 2 aromatic carbocycles. The van der Waals surface area contributed by atoms with E-state index in [4.69, 9.17) is 19.5 Å². The molecule has 34 heavy (non-hydrogen) atoms. The van der Waals surface area contributed by atoms with Crippen LogP contribution in [-0.2, 0) is 9.59 Å². The number of para-hydroxylation sites is 1. The largest absolute Gasteiger partial charge is 0.497 e. The normalized spacial score (nSPS) is 17.5. The van der Waals surface area contributed by atoms with E-state index in [1.54, 1.807) is 30.2 Å². The summed E-state index contributed by atoms with van der Waals surface area (Å²) in [6.45, 7) is 5.88. The molecule has 9 heteroatoms. The van der Waals surface area contributed by atoms with Gasteiger partial charge in [0.25, 0.3) is 5.91 Å². The van der Waals surface area contributed by atoms with Gasteiger partial charge in [0, 0.05) is 11.6 Å². The molecule has 2 aromatic rings. The number of hydrogen-bond donors (Lipinski definition) is 1. The lowest BCUT2D eigenvalue weighted by molar-refractivity contribution is -0.125. The van der Waals surface area contributed by atoms with Crippen molar-refractivity contribution in [3.63, 3.8) is 0 Å². The van der Waals surface area contributed by atoms with E-state index in [0.717, 1.165) is 11.3 Å². The second-order valence-electron chi connectivity index (χ2n) is 8.30. The number of benzene rings is 2. The minimum Gasteiger partial charge on any atom is -0.497 e. The van der Waals surface area contributed by atoms with Gasteiger partial charge in [0.2, 0.25) is 5.91 Å². The average molecular weight is 481 g/mol. The van der Waals surface area contributed by atoms with Crippen molar-refractivity contribution in [1.29, 1.82) is 0 Å². The molecule has 178 valence electrons. The van der Waals surface area contributed by atoms with Crippen molar-refractivity contribution in [2.75, 3.05) is 19.5 Å². The summed E-state index contributed by atoms with van der Waals surface area (Å²) in [6.07, 6.45) is 0.539. The number of fused-ring (bicyclic) bond motifs is 3. The Balaban J connectivity index is 1.61. The van der Waals surface area contributed by atoms with Crippen LogP contribution in [-0.4, -0.2) is 53.2 Å². The number of nitrogens with one attached hydrogen (secondary N) is 1. The van der Waals surface area contributed by atoms with Gasteiger partial charge >= 0.3 is 0 Å². The van der Waals surface area contributed by atoms with Gasteiger partial charge in [-0.25, -0.2) is 9.89 Å². The topological polar surface area (TPSA) is 92.6 Å². The minimum absolute atomic E-state index is 0.0526. The van der Waals surface area contributed by atoms with E-state index in [9.17, 15) is 9.59 Å². The molecule has 2 amide bonds. The second-order valence-corrected chi connectivity index (χ2v) is 9.47. The maximum absolute atomic E-state index is 13.3. The summed E-state index contributed by atoms with van der Waals surface area (Å²) in [4.78, 5) is 37.5. The molecule has 0 unspecified atom stereocenters. The first-order valence-electron chi connectivity index (χ1n) is 11.2. The Hall–Kier alpha value is -3.33. The Bertz CT molecular complexity index is 1180. The maximum atomic E-state index is 13.3. The standard InChI is InChI=1S/C25H28N4O4S/c1-6-20(23(30)26-18-12-11-15(32-4)13-19(18)33-5)34-25-27-17-10-8-7-9-16(17)22-28-21(14(2)3)24(31)29(22)25/h7-14,20-21H,6H2,1-5H3,(H,26,30)/t20-,21-/m0/s1. The molecule has 2 aliphatic rings. The van der Waals surface area contributed by atoms with Crippen LogP contribution < -0.4 is 14.8 Å². The smallest absolute Gasteiger partial charge is 0.259 e. The summed E-state index contributed by atoms with van der Waals surface area (Å²) in [5.41, 5.74) is 2.11. The van der Waals surface area contributed by atoms with Gasteiger partial charge < -0.3 is 14.8 Å². The molecule has 0 bridgehead atoms. The van der Waals surface area contributed by atoms with Gasteiger partial charge in [-0.15, -0.1) is 0 Å². The summed E-state index contributed by atoms with van der Waals surface area (Å²) in [6, 6.07) is 12.4. The van der Waals surface area contributed by atoms with Crippen molar-refractivity contribution < 1.29 is 19.1 Å². The molecule has 1 N–H and O–H groups in total. The lowest BCUT2D eigenvalue weighted by Crippen LogP contribution is -2.43. The Morgan fingerprint density at radius 1 is 1.18 bits per heavy atom. The predicted molar refractivity (Wildman–Crippen MR) is 135 cm³/mol. The Kier molecular flexibility index (Phi) is 6.92. The SMILES string of the molecule is CC[C@H](SC1=Nc2ccccc2C2=N[C@@H](C(C)C)C(=O)N12)C(=O)Nc1ccc(OC)cc1OC. The molecule has 4 rings (SSSR count). The Morgan fingerprint density at radius 3 is 2.62 bits per heavy atom. The molecule has 2 atom stereocenters. The maximum Gasteiger partial charge on any atom is 0.259 e. The van der Waals surface area contributed by atoms with E-state index in [-0.39, 0.29) is 17.7 Å². The highest BCUT2D eigenvalue weighted by atomic mass is 32.2. The van der Waals surface area contributed by atoms with Crippen molar-refractivity contribution >= 4 is 46.0 Å². The minimum atomic E-state index is -0.483. The molecule has 0 fully saturated rings. The molecular formula is C25H28N4O4S. The van der Waals surface area contributed by atoms with E-state index in [1.807, 2.05) is 45.0 Å². The fourth-order valence-electron chi connectivity index (χ4n) is 3.85. The van der Waals surface area contributed by atoms with E-state index in [0.29, 0.717) is 34.6 Å². The number of ether oxygens (including phenoxy) is 2. The number of rotatable bonds is 7. The second kappa shape index (κ2) is 9.89. The van der Waals surface area contributed by atoms with Crippen molar-refractivity contribution in [1.82, 2.24) is 4.90 Å². The third-order valence-corrected chi connectivity index (χ3v) is 7.02. The zero-order chi connectivity index (χ0) is 24.4. The molecule has 8 nitrogen and oxygen atoms in total. The Morgan fingerprint density at radius 2 is 1.94 bits per heavy atom. The number of amides is 2. The highest BCUT2D eigenvalue weighted by Crippen LogP contribution is 2.37. The van der Waals surface area contributed by atoms with Crippen molar-refractivity contribution in [2.45, 2.75) is 38.5 Å². The summed E-state index contributed by atoms with van der Waals surface area (Å²) in [7, 11) is 3.11. The van der Waals surface area contributed by atoms with E-state index < -0.39 is 11.3 Å². The summed E-state index contributed by atoms with van der Waals surface area (Å²) >= 11 is 1.27. The summed E-state index contributed by atoms with van der Waals surface area (Å²) in [5.74, 6) is 1.47. The number of carbonyl (C=O) groups excluding carboxylic acids is 2. The average Bonchev–Trinajstić information content (AvgIpc) is 3.20. The van der Waals surface area contributed by atoms with Crippen LogP contribution in [0.4, 0.5) is 11.4 Å². The number of nitrogens with zero attached hydrogens (tertiary/aromatic N) is 3. The number of amidine groups is 2. The lowest BCUT2D eigenvalue weighted by atomic mass is 10.1. The van der Waals surface area contributed by atoms with Crippen LogP contribution in [0, 0.1) is 5.92 Å². The highest BCUT2D eigenvalue weighted by molar-refractivity contribution is 8.15. The van der Waals surface area contributed by atoms with Crippen LogP contribution in [0.2, 0.25) is 0 Å². The molecule has 0 saturated heterocycles. The molecule has 0 aromatic heterocycles. The number of carbonyl (C=O) groups is 2. The molecule has 0 aliphatic carbocycles. The van der Waals surface area contributed by atoms with E-state index >= 15 is 0 Å². The summed E-state index contributed by atoms with van der Waals surface area (Å²) in [5, 5.41) is 2.92. The monoisotopic (exact) mass is 480 g/mol. The zero-order valence-corrected chi connectivity index (χ0v) is 20.7. The van der Waals surface area contributed by atoms with Gasteiger partial charge in [-0.1, -0.05) is 44.7 Å². The fourth-order valence-corrected chi connectivity index (χ4v) is 4.87. The van der Waals surface area contributed by atoms with Gasteiger partial charge in [0.1, 0.15) is 23.4 Å². The van der Waals surface area contributed by atoms with Crippen LogP contribution in [0.1, 0.15) is 32.8 Å². The van der Waals surface area contributed by atoms with Gasteiger partial charge in [0.05, 0.1) is 30.8 Å². The van der Waals surface area contributed by atoms with Crippen molar-refractivity contribution in [3.05, 3.63) is 48.0 Å². The van der Waals surface area contributed by atoms with Crippen molar-refractivity contribution in [3.8, 4) is 11.5 Å². The predicted octanol–water partition coefficient (Wildman–Crippen LogP) is 4.47. The molecule has 0 saturated carbocycles. The molecule has 0 spiro atoms. The number of thioether (sulfide) groups is 1. The lowest BCUT2D eigenvalue weighted by Gasteiger charge is -2.27. The first-order valence-corrected chi connectivity index (χ1v) is 12.0. The molecule has 0 radical (unpaired) electrons. The first kappa shape index (κ1) is 23.8. The van der Waals surface area contributed by atoms with Gasteiger partial charge in [0.15, 0.2) is 5.17 Å². The first-order chi connectivity index (χ1) is 16.4. The van der Waals surface area contributed by atoms with Crippen LogP contribution in [0.3, 0.4) is 0 Å². The van der Waals surface area contributed by atoms with Gasteiger partial charge in [-0.3, -0.25) is 14.6 Å². The van der Waals surface area contributed by atoms with Crippen LogP contribution in [0.25, 0.3) is 0 Å². The van der Waals surface area contributed by atoms with Crippen LogP contribution in [0.5, 0.6) is 11.5 Å². The zero-order valence-electron chi connectivity index (χ0n) is 19.9. The van der Waals surface area contributed by atoms with Gasteiger partial charge in [-0.05, 0) is 36.6 Å². The van der Waals surface area contributed by atoms with E-state index in [2.05, 4.69) is 5.32 Å². The fraction of sp³-hybridized carbons (Fsp3) is 0.360. The number of aliphatic imine (C=N–C) groups is 2. The molecule has 2 aliphatic heterocycles. The quantitative estimate of drug-likeness (QED) is 0.631. The van der Waals surface area contributed by atoms with Crippen LogP contribution >= 0.6 is 11.8 Å². The molecular weight excluding hydrogens is 452 g/mol. The number of hydrogen-bond acceptors (Lipinski definition) is 7. The Labute approximate surface area is 203 Å². The number of anilines is 1. The van der Waals surface area contributed by atoms with Crippen LogP contribution in [0.15, 0.2) is 52.4 Å².